The molecule has 0 aliphatic heterocycles. The second-order valence-corrected chi connectivity index (χ2v) is 3.06. The standard InChI is InChI=1S/C6H11NO.H2O4S/c1-3-4-5(2)6(7)8;1-5(2,3)4/h2-4H2,1H3,(H2,7,8);(H2,1,2,3,4). The second kappa shape index (κ2) is 6.58. The van der Waals surface area contributed by atoms with Crippen molar-refractivity contribution in [2.75, 3.05) is 0 Å². The molecule has 0 bridgehead atoms. The first-order valence-electron chi connectivity index (χ1n) is 3.36. The minimum Gasteiger partial charge on any atom is -0.366 e. The van der Waals surface area contributed by atoms with Gasteiger partial charge in [0, 0.05) is 5.57 Å². The van der Waals surface area contributed by atoms with Crippen molar-refractivity contribution in [3.63, 3.8) is 0 Å². The average Bonchev–Trinajstić information content (AvgIpc) is 1.84. The molecule has 78 valence electrons. The molecular formula is C6H13NO5S. The van der Waals surface area contributed by atoms with E-state index in [1.54, 1.807) is 0 Å². The lowest BCUT2D eigenvalue weighted by atomic mass is 10.2. The zero-order valence-corrected chi connectivity index (χ0v) is 8.04. The SMILES string of the molecule is C=C(CCC)C(N)=O.O=S(=O)(O)O. The lowest BCUT2D eigenvalue weighted by Gasteiger charge is -1.93. The van der Waals surface area contributed by atoms with Crippen LogP contribution >= 0.6 is 0 Å². The van der Waals surface area contributed by atoms with Crippen molar-refractivity contribution in [3.05, 3.63) is 12.2 Å². The van der Waals surface area contributed by atoms with Crippen LogP contribution in [0.15, 0.2) is 12.2 Å². The van der Waals surface area contributed by atoms with E-state index in [0.29, 0.717) is 5.57 Å². The van der Waals surface area contributed by atoms with Gasteiger partial charge in [0.1, 0.15) is 0 Å². The van der Waals surface area contributed by atoms with Gasteiger partial charge in [0.15, 0.2) is 0 Å². The summed E-state index contributed by atoms with van der Waals surface area (Å²) in [7, 11) is -4.67. The van der Waals surface area contributed by atoms with Crippen molar-refractivity contribution >= 4 is 16.3 Å². The highest BCUT2D eigenvalue weighted by Gasteiger charge is 1.96. The van der Waals surface area contributed by atoms with Crippen molar-refractivity contribution in [3.8, 4) is 0 Å². The topological polar surface area (TPSA) is 118 Å². The van der Waals surface area contributed by atoms with E-state index in [4.69, 9.17) is 23.3 Å². The van der Waals surface area contributed by atoms with Gasteiger partial charge in [0.2, 0.25) is 5.91 Å². The highest BCUT2D eigenvalue weighted by molar-refractivity contribution is 7.79. The Morgan fingerprint density at radius 1 is 1.46 bits per heavy atom. The van der Waals surface area contributed by atoms with E-state index < -0.39 is 10.4 Å². The number of carbonyl (C=O) groups excluding carboxylic acids is 1. The van der Waals surface area contributed by atoms with E-state index in [1.807, 2.05) is 6.92 Å². The number of carbonyl (C=O) groups is 1. The average molecular weight is 211 g/mol. The summed E-state index contributed by atoms with van der Waals surface area (Å²) < 4.78 is 31.6. The number of hydrogen-bond donors (Lipinski definition) is 3. The lowest BCUT2D eigenvalue weighted by Crippen LogP contribution is -2.12. The van der Waals surface area contributed by atoms with E-state index in [9.17, 15) is 4.79 Å². The predicted octanol–water partition coefficient (Wildman–Crippen LogP) is 0.175. The van der Waals surface area contributed by atoms with Crippen LogP contribution in [0.3, 0.4) is 0 Å². The van der Waals surface area contributed by atoms with Gasteiger partial charge in [-0.05, 0) is 6.42 Å². The van der Waals surface area contributed by atoms with Crippen LogP contribution in [-0.2, 0) is 15.2 Å². The Morgan fingerprint density at radius 3 is 1.85 bits per heavy atom. The molecule has 0 aromatic rings. The molecule has 0 saturated heterocycles. The molecular weight excluding hydrogens is 198 g/mol. The van der Waals surface area contributed by atoms with E-state index in [1.165, 1.54) is 0 Å². The van der Waals surface area contributed by atoms with Crippen molar-refractivity contribution in [1.29, 1.82) is 0 Å². The molecule has 0 unspecified atom stereocenters. The smallest absolute Gasteiger partial charge is 0.366 e. The largest absolute Gasteiger partial charge is 0.394 e. The molecule has 0 aromatic carbocycles. The van der Waals surface area contributed by atoms with Gasteiger partial charge >= 0.3 is 10.4 Å². The second-order valence-electron chi connectivity index (χ2n) is 2.17. The van der Waals surface area contributed by atoms with Crippen LogP contribution in [0.25, 0.3) is 0 Å². The molecule has 0 aliphatic carbocycles. The zero-order valence-electron chi connectivity index (χ0n) is 7.23. The lowest BCUT2D eigenvalue weighted by molar-refractivity contribution is -0.114. The molecule has 0 saturated carbocycles. The van der Waals surface area contributed by atoms with Crippen LogP contribution in [0.1, 0.15) is 19.8 Å². The van der Waals surface area contributed by atoms with Gasteiger partial charge in [-0.25, -0.2) is 0 Å². The number of amides is 1. The number of hydrogen-bond acceptors (Lipinski definition) is 3. The fourth-order valence-electron chi connectivity index (χ4n) is 0.425. The normalized spacial score (nSPS) is 9.77. The molecule has 0 fully saturated rings. The first-order chi connectivity index (χ1) is 5.68. The highest BCUT2D eigenvalue weighted by Crippen LogP contribution is 1.98. The summed E-state index contributed by atoms with van der Waals surface area (Å²) in [4.78, 5) is 10.2. The molecule has 4 N–H and O–H groups in total. The van der Waals surface area contributed by atoms with Crippen LogP contribution in [0, 0.1) is 0 Å². The maximum atomic E-state index is 10.2. The zero-order chi connectivity index (χ0) is 11.1. The summed E-state index contributed by atoms with van der Waals surface area (Å²) in [5.41, 5.74) is 5.40. The van der Waals surface area contributed by atoms with Crippen LogP contribution in [0.2, 0.25) is 0 Å². The molecule has 0 aromatic heterocycles. The molecule has 13 heavy (non-hydrogen) atoms. The van der Waals surface area contributed by atoms with Crippen LogP contribution in [0.5, 0.6) is 0 Å². The highest BCUT2D eigenvalue weighted by atomic mass is 32.3. The molecule has 7 heteroatoms. The summed E-state index contributed by atoms with van der Waals surface area (Å²) in [6.45, 7) is 5.45. The van der Waals surface area contributed by atoms with Crippen molar-refractivity contribution < 1.29 is 22.3 Å². The van der Waals surface area contributed by atoms with Crippen LogP contribution in [-0.4, -0.2) is 23.4 Å². The van der Waals surface area contributed by atoms with Gasteiger partial charge in [-0.3, -0.25) is 13.9 Å². The molecule has 1 amide bonds. The Labute approximate surface area is 77.0 Å². The predicted molar refractivity (Wildman–Crippen MR) is 47.4 cm³/mol. The Balaban J connectivity index is 0. The monoisotopic (exact) mass is 211 g/mol. The number of nitrogens with two attached hydrogens (primary N) is 1. The molecule has 0 aliphatic rings. The summed E-state index contributed by atoms with van der Waals surface area (Å²) in [6, 6.07) is 0. The third-order valence-corrected chi connectivity index (χ3v) is 0.900. The van der Waals surface area contributed by atoms with Gasteiger partial charge in [-0.15, -0.1) is 0 Å². The van der Waals surface area contributed by atoms with Crippen LogP contribution < -0.4 is 5.73 Å². The van der Waals surface area contributed by atoms with Crippen molar-refractivity contribution in [2.24, 2.45) is 5.73 Å². The van der Waals surface area contributed by atoms with Crippen LogP contribution in [0.4, 0.5) is 0 Å². The number of primary amides is 1. The van der Waals surface area contributed by atoms with Gasteiger partial charge in [-0.2, -0.15) is 8.42 Å². The van der Waals surface area contributed by atoms with Gasteiger partial charge in [0.05, 0.1) is 0 Å². The summed E-state index contributed by atoms with van der Waals surface area (Å²) in [5.74, 6) is -0.383. The fourth-order valence-corrected chi connectivity index (χ4v) is 0.425. The summed E-state index contributed by atoms with van der Waals surface area (Å²) >= 11 is 0. The van der Waals surface area contributed by atoms with E-state index >= 15 is 0 Å². The first kappa shape index (κ1) is 14.6. The molecule has 0 rings (SSSR count). The Morgan fingerprint density at radius 2 is 1.77 bits per heavy atom. The first-order valence-corrected chi connectivity index (χ1v) is 4.75. The minimum absolute atomic E-state index is 0.383. The molecule has 6 nitrogen and oxygen atoms in total. The number of rotatable bonds is 3. The molecule has 0 heterocycles. The van der Waals surface area contributed by atoms with Gasteiger partial charge in [-0.1, -0.05) is 19.9 Å². The Kier molecular flexibility index (Phi) is 7.39. The van der Waals surface area contributed by atoms with Crippen molar-refractivity contribution in [2.45, 2.75) is 19.8 Å². The third kappa shape index (κ3) is 24.7. The van der Waals surface area contributed by atoms with Gasteiger partial charge in [0.25, 0.3) is 0 Å². The maximum Gasteiger partial charge on any atom is 0.394 e. The van der Waals surface area contributed by atoms with E-state index in [0.717, 1.165) is 12.8 Å². The van der Waals surface area contributed by atoms with Gasteiger partial charge < -0.3 is 5.73 Å². The molecule has 0 atom stereocenters. The Hall–Kier alpha value is -0.920. The molecule has 0 radical (unpaired) electrons. The third-order valence-electron chi connectivity index (χ3n) is 0.900. The fraction of sp³-hybridized carbons (Fsp3) is 0.500. The maximum absolute atomic E-state index is 10.2. The minimum atomic E-state index is -4.67. The van der Waals surface area contributed by atoms with E-state index in [-0.39, 0.29) is 5.91 Å². The summed E-state index contributed by atoms with van der Waals surface area (Å²) in [6.07, 6.45) is 1.65. The summed E-state index contributed by atoms with van der Waals surface area (Å²) in [5, 5.41) is 0. The van der Waals surface area contributed by atoms with Crippen molar-refractivity contribution in [1.82, 2.24) is 0 Å². The Bertz CT molecular complexity index is 261. The van der Waals surface area contributed by atoms with E-state index in [2.05, 4.69) is 6.58 Å². The molecule has 0 spiro atoms. The quantitative estimate of drug-likeness (QED) is 0.454.